The standard InChI is InChI=1S/C22H27F3N2O3/c1-13-7-8-18-17(9-13)19(28)11-20(22(23,24)25)27(18)12-14(2)26-21(29)15-5-4-6-16(10-15)30-3/h7-9,11,14-16H,4-6,10,12H2,1-3H3,(H,26,29)/t14-,15+,16+/m1/s1. The summed E-state index contributed by atoms with van der Waals surface area (Å²) >= 11 is 0. The van der Waals surface area contributed by atoms with Crippen molar-refractivity contribution < 1.29 is 22.7 Å². The van der Waals surface area contributed by atoms with E-state index >= 15 is 0 Å². The summed E-state index contributed by atoms with van der Waals surface area (Å²) in [5, 5.41) is 3.08. The first kappa shape index (κ1) is 22.3. The third kappa shape index (κ3) is 4.86. The van der Waals surface area contributed by atoms with Crippen molar-refractivity contribution >= 4 is 16.8 Å². The lowest BCUT2D eigenvalue weighted by Gasteiger charge is -2.29. The minimum Gasteiger partial charge on any atom is -0.381 e. The SMILES string of the molecule is CO[C@H]1CCC[C@H](C(=O)N[C@H](C)Cn2c(C(F)(F)F)cc(=O)c3cc(C)ccc32)C1. The number of rotatable bonds is 5. The van der Waals surface area contributed by atoms with Gasteiger partial charge in [-0.15, -0.1) is 0 Å². The maximum Gasteiger partial charge on any atom is 0.431 e. The monoisotopic (exact) mass is 424 g/mol. The van der Waals surface area contributed by atoms with Crippen molar-refractivity contribution in [2.24, 2.45) is 5.92 Å². The Morgan fingerprint density at radius 3 is 2.70 bits per heavy atom. The average Bonchev–Trinajstić information content (AvgIpc) is 2.69. The zero-order valence-electron chi connectivity index (χ0n) is 17.4. The van der Waals surface area contributed by atoms with Gasteiger partial charge in [0.25, 0.3) is 0 Å². The topological polar surface area (TPSA) is 60.3 Å². The van der Waals surface area contributed by atoms with E-state index in [0.29, 0.717) is 12.5 Å². The van der Waals surface area contributed by atoms with Crippen LogP contribution in [0.5, 0.6) is 0 Å². The van der Waals surface area contributed by atoms with E-state index < -0.39 is 23.3 Å². The molecule has 30 heavy (non-hydrogen) atoms. The molecule has 5 nitrogen and oxygen atoms in total. The van der Waals surface area contributed by atoms with Gasteiger partial charge in [-0.05, 0) is 45.2 Å². The summed E-state index contributed by atoms with van der Waals surface area (Å²) in [6, 6.07) is 4.88. The lowest BCUT2D eigenvalue weighted by atomic mass is 9.86. The largest absolute Gasteiger partial charge is 0.431 e. The van der Waals surface area contributed by atoms with Crippen LogP contribution >= 0.6 is 0 Å². The molecule has 0 unspecified atom stereocenters. The van der Waals surface area contributed by atoms with Crippen LogP contribution in [0, 0.1) is 12.8 Å². The number of nitrogens with one attached hydrogen (secondary N) is 1. The van der Waals surface area contributed by atoms with Crippen LogP contribution in [0.3, 0.4) is 0 Å². The number of alkyl halides is 3. The Hall–Kier alpha value is -2.35. The lowest BCUT2D eigenvalue weighted by molar-refractivity contribution is -0.143. The molecule has 1 aromatic heterocycles. The third-order valence-electron chi connectivity index (χ3n) is 5.73. The molecule has 8 heteroatoms. The summed E-state index contributed by atoms with van der Waals surface area (Å²) in [6.45, 7) is 3.36. The number of amides is 1. The van der Waals surface area contributed by atoms with E-state index in [-0.39, 0.29) is 35.4 Å². The second-order valence-corrected chi connectivity index (χ2v) is 8.15. The molecule has 1 heterocycles. The van der Waals surface area contributed by atoms with Crippen LogP contribution in [0.1, 0.15) is 43.9 Å². The Morgan fingerprint density at radius 2 is 2.03 bits per heavy atom. The fourth-order valence-corrected chi connectivity index (χ4v) is 4.20. The summed E-state index contributed by atoms with van der Waals surface area (Å²) in [5.74, 6) is -0.374. The van der Waals surface area contributed by atoms with Crippen LogP contribution in [0.4, 0.5) is 13.2 Å². The number of benzene rings is 1. The molecule has 1 aliphatic rings. The number of ether oxygens (including phenoxy) is 1. The Kier molecular flexibility index (Phi) is 6.55. The lowest BCUT2D eigenvalue weighted by Crippen LogP contribution is -2.42. The molecule has 1 amide bonds. The highest BCUT2D eigenvalue weighted by Crippen LogP contribution is 2.31. The number of hydrogen-bond acceptors (Lipinski definition) is 3. The van der Waals surface area contributed by atoms with Crippen LogP contribution in [0.25, 0.3) is 10.9 Å². The van der Waals surface area contributed by atoms with Crippen LogP contribution < -0.4 is 10.7 Å². The number of halogens is 3. The molecular weight excluding hydrogens is 397 g/mol. The van der Waals surface area contributed by atoms with E-state index in [4.69, 9.17) is 4.74 Å². The van der Waals surface area contributed by atoms with Gasteiger partial charge >= 0.3 is 6.18 Å². The summed E-state index contributed by atoms with van der Waals surface area (Å²) in [6.07, 6.45) is -1.50. The van der Waals surface area contributed by atoms with Gasteiger partial charge in [-0.2, -0.15) is 13.2 Å². The highest BCUT2D eigenvalue weighted by molar-refractivity contribution is 5.81. The van der Waals surface area contributed by atoms with Crippen LogP contribution in [-0.4, -0.2) is 29.7 Å². The minimum absolute atomic E-state index is 0.0350. The van der Waals surface area contributed by atoms with E-state index in [1.54, 1.807) is 33.1 Å². The van der Waals surface area contributed by atoms with Crippen molar-refractivity contribution in [3.8, 4) is 0 Å². The number of hydrogen-bond donors (Lipinski definition) is 1. The van der Waals surface area contributed by atoms with Crippen molar-refractivity contribution in [3.63, 3.8) is 0 Å². The van der Waals surface area contributed by atoms with Crippen LogP contribution in [0.2, 0.25) is 0 Å². The number of carbonyl (C=O) groups is 1. The molecule has 3 atom stereocenters. The second kappa shape index (κ2) is 8.79. The number of aryl methyl sites for hydroxylation is 1. The molecule has 2 aromatic rings. The Balaban J connectivity index is 1.87. The van der Waals surface area contributed by atoms with Gasteiger partial charge in [-0.3, -0.25) is 9.59 Å². The van der Waals surface area contributed by atoms with Gasteiger partial charge in [0.2, 0.25) is 5.91 Å². The van der Waals surface area contributed by atoms with E-state index in [1.165, 1.54) is 6.07 Å². The molecular formula is C22H27F3N2O3. The minimum atomic E-state index is -4.68. The van der Waals surface area contributed by atoms with E-state index in [1.807, 2.05) is 0 Å². The van der Waals surface area contributed by atoms with Gasteiger partial charge in [0.1, 0.15) is 5.69 Å². The molecule has 164 valence electrons. The highest BCUT2D eigenvalue weighted by Gasteiger charge is 2.35. The molecule has 3 rings (SSSR count). The van der Waals surface area contributed by atoms with Gasteiger partial charge in [-0.25, -0.2) is 0 Å². The second-order valence-electron chi connectivity index (χ2n) is 8.15. The van der Waals surface area contributed by atoms with Crippen LogP contribution in [0.15, 0.2) is 29.1 Å². The summed E-state index contributed by atoms with van der Waals surface area (Å²) in [7, 11) is 1.62. The molecule has 0 aliphatic heterocycles. The fraction of sp³-hybridized carbons (Fsp3) is 0.545. The predicted molar refractivity (Wildman–Crippen MR) is 108 cm³/mol. The maximum atomic E-state index is 13.7. The summed E-state index contributed by atoms with van der Waals surface area (Å²) in [5.41, 5.74) is -0.681. The maximum absolute atomic E-state index is 13.7. The first-order chi connectivity index (χ1) is 14.1. The van der Waals surface area contributed by atoms with Crippen molar-refractivity contribution in [2.75, 3.05) is 7.11 Å². The predicted octanol–water partition coefficient (Wildman–Crippen LogP) is 4.04. The van der Waals surface area contributed by atoms with Gasteiger partial charge in [0.05, 0.1) is 11.6 Å². The molecule has 0 saturated heterocycles. The van der Waals surface area contributed by atoms with Crippen molar-refractivity contribution in [1.29, 1.82) is 0 Å². The summed E-state index contributed by atoms with van der Waals surface area (Å²) < 4.78 is 47.4. The summed E-state index contributed by atoms with van der Waals surface area (Å²) in [4.78, 5) is 24.9. The van der Waals surface area contributed by atoms with Gasteiger partial charge in [0, 0.05) is 37.1 Å². The molecule has 0 spiro atoms. The molecule has 1 fully saturated rings. The molecule has 1 N–H and O–H groups in total. The molecule has 0 radical (unpaired) electrons. The number of fused-ring (bicyclic) bond motifs is 1. The van der Waals surface area contributed by atoms with Gasteiger partial charge < -0.3 is 14.6 Å². The molecule has 1 aliphatic carbocycles. The fourth-order valence-electron chi connectivity index (χ4n) is 4.20. The van der Waals surface area contributed by atoms with Crippen molar-refractivity contribution in [3.05, 3.63) is 45.7 Å². The number of nitrogens with zero attached hydrogens (tertiary/aromatic N) is 1. The Bertz CT molecular complexity index is 984. The van der Waals surface area contributed by atoms with E-state index in [0.717, 1.165) is 29.4 Å². The Labute approximate surface area is 173 Å². The van der Waals surface area contributed by atoms with E-state index in [2.05, 4.69) is 5.32 Å². The first-order valence-electron chi connectivity index (χ1n) is 10.1. The zero-order valence-corrected chi connectivity index (χ0v) is 17.4. The number of carbonyl (C=O) groups excluding carboxylic acids is 1. The highest BCUT2D eigenvalue weighted by atomic mass is 19.4. The smallest absolute Gasteiger partial charge is 0.381 e. The number of methoxy groups -OCH3 is 1. The number of pyridine rings is 1. The van der Waals surface area contributed by atoms with Crippen LogP contribution in [-0.2, 0) is 22.3 Å². The van der Waals surface area contributed by atoms with E-state index in [9.17, 15) is 22.8 Å². The third-order valence-corrected chi connectivity index (χ3v) is 5.73. The first-order valence-corrected chi connectivity index (χ1v) is 10.1. The average molecular weight is 424 g/mol. The molecule has 1 aromatic carbocycles. The molecule has 0 bridgehead atoms. The Morgan fingerprint density at radius 1 is 1.30 bits per heavy atom. The van der Waals surface area contributed by atoms with Gasteiger partial charge in [0.15, 0.2) is 5.43 Å². The normalized spacial score (nSPS) is 20.9. The number of aromatic nitrogens is 1. The van der Waals surface area contributed by atoms with Crippen molar-refractivity contribution in [2.45, 2.75) is 64.4 Å². The molecule has 1 saturated carbocycles. The van der Waals surface area contributed by atoms with Crippen molar-refractivity contribution in [1.82, 2.24) is 9.88 Å². The van der Waals surface area contributed by atoms with Gasteiger partial charge in [-0.1, -0.05) is 18.1 Å². The zero-order chi connectivity index (χ0) is 22.1. The quantitative estimate of drug-likeness (QED) is 0.788.